The van der Waals surface area contributed by atoms with Crippen LogP contribution in [-0.2, 0) is 4.79 Å². The van der Waals surface area contributed by atoms with Crippen LogP contribution in [0.2, 0.25) is 0 Å². The molecule has 0 radical (unpaired) electrons. The first kappa shape index (κ1) is 15.0. The van der Waals surface area contributed by atoms with Gasteiger partial charge in [-0.05, 0) is 25.7 Å². The highest BCUT2D eigenvalue weighted by molar-refractivity contribution is 5.78. The summed E-state index contributed by atoms with van der Waals surface area (Å²) in [6.07, 6.45) is 12.2. The van der Waals surface area contributed by atoms with E-state index in [1.165, 1.54) is 24.8 Å². The Morgan fingerprint density at radius 1 is 1.39 bits per heavy atom. The van der Waals surface area contributed by atoms with Gasteiger partial charge in [0.25, 0.3) is 0 Å². The molecule has 0 heterocycles. The minimum absolute atomic E-state index is 0.238. The summed E-state index contributed by atoms with van der Waals surface area (Å²) < 4.78 is 0. The highest BCUT2D eigenvalue weighted by Gasteiger charge is 2.21. The molecule has 1 N–H and O–H groups in total. The second-order valence-corrected chi connectivity index (χ2v) is 5.42. The van der Waals surface area contributed by atoms with E-state index in [9.17, 15) is 4.79 Å². The first-order valence-corrected chi connectivity index (χ1v) is 7.26. The van der Waals surface area contributed by atoms with Crippen molar-refractivity contribution in [2.24, 2.45) is 11.8 Å². The maximum absolute atomic E-state index is 11.8. The van der Waals surface area contributed by atoms with Crippen LogP contribution in [0.25, 0.3) is 0 Å². The quantitative estimate of drug-likeness (QED) is 0.712. The number of carbonyl (C=O) groups excluding carboxylic acids is 1. The number of nitrogens with one attached hydrogen (secondary N) is 1. The monoisotopic (exact) mass is 249 g/mol. The summed E-state index contributed by atoms with van der Waals surface area (Å²) in [7, 11) is 0. The smallest absolute Gasteiger partial charge is 0.223 e. The van der Waals surface area contributed by atoms with Gasteiger partial charge in [-0.1, -0.05) is 56.9 Å². The van der Waals surface area contributed by atoms with Crippen LogP contribution in [0.1, 0.15) is 52.9 Å². The molecule has 0 aliphatic heterocycles. The Hall–Kier alpha value is -1.05. The van der Waals surface area contributed by atoms with Gasteiger partial charge < -0.3 is 5.32 Å². The first-order chi connectivity index (χ1) is 8.63. The number of hydrogen-bond donors (Lipinski definition) is 1. The van der Waals surface area contributed by atoms with Crippen LogP contribution in [0.5, 0.6) is 0 Å². The van der Waals surface area contributed by atoms with E-state index in [1.54, 1.807) is 0 Å². The Labute approximate surface area is 112 Å². The minimum atomic E-state index is 0.238. The molecule has 1 atom stereocenters. The number of rotatable bonds is 6. The average molecular weight is 249 g/mol. The maximum atomic E-state index is 11.8. The van der Waals surface area contributed by atoms with E-state index in [0.717, 1.165) is 12.8 Å². The van der Waals surface area contributed by atoms with Crippen molar-refractivity contribution in [3.63, 3.8) is 0 Å². The molecule has 0 saturated heterocycles. The lowest BCUT2D eigenvalue weighted by Gasteiger charge is -2.08. The third-order valence-electron chi connectivity index (χ3n) is 3.76. The summed E-state index contributed by atoms with van der Waals surface area (Å²) in [5, 5.41) is 3.01. The molecule has 1 fully saturated rings. The summed E-state index contributed by atoms with van der Waals surface area (Å²) >= 11 is 0. The van der Waals surface area contributed by atoms with Crippen LogP contribution in [0.15, 0.2) is 23.8 Å². The summed E-state index contributed by atoms with van der Waals surface area (Å²) in [6.45, 7) is 7.15. The maximum Gasteiger partial charge on any atom is 0.223 e. The molecule has 0 bridgehead atoms. The predicted octanol–water partition coefficient (Wildman–Crippen LogP) is 3.84. The molecule has 0 aromatic carbocycles. The van der Waals surface area contributed by atoms with Crippen LogP contribution in [0.4, 0.5) is 0 Å². The predicted molar refractivity (Wildman–Crippen MR) is 77.3 cm³/mol. The van der Waals surface area contributed by atoms with Gasteiger partial charge in [0.15, 0.2) is 0 Å². The molecule has 0 aromatic rings. The number of amides is 1. The van der Waals surface area contributed by atoms with Crippen molar-refractivity contribution in [1.82, 2.24) is 5.32 Å². The fourth-order valence-corrected chi connectivity index (χ4v) is 2.17. The van der Waals surface area contributed by atoms with Gasteiger partial charge in [0.2, 0.25) is 5.91 Å². The largest absolute Gasteiger partial charge is 0.352 e. The van der Waals surface area contributed by atoms with Gasteiger partial charge in [-0.25, -0.2) is 0 Å². The van der Waals surface area contributed by atoms with Crippen LogP contribution < -0.4 is 5.32 Å². The van der Waals surface area contributed by atoms with E-state index < -0.39 is 0 Å². The Morgan fingerprint density at radius 3 is 2.67 bits per heavy atom. The second-order valence-electron chi connectivity index (χ2n) is 5.42. The van der Waals surface area contributed by atoms with Crippen molar-refractivity contribution in [3.8, 4) is 0 Å². The molecule has 1 amide bonds. The summed E-state index contributed by atoms with van der Waals surface area (Å²) in [4.78, 5) is 11.8. The standard InChI is InChI=1S/C16H27NO/c1-4-13(2)9-10-14(3)11-12-17-16(18)15-7-5-6-8-15/h9-11,13,15H,4-8,12H2,1-3H3,(H,17,18)/b10-9-,14-11-. The lowest BCUT2D eigenvalue weighted by atomic mass is 10.1. The van der Waals surface area contributed by atoms with E-state index in [1.807, 2.05) is 0 Å². The van der Waals surface area contributed by atoms with E-state index in [2.05, 4.69) is 44.3 Å². The molecule has 1 aliphatic carbocycles. The Morgan fingerprint density at radius 2 is 2.06 bits per heavy atom. The van der Waals surface area contributed by atoms with Crippen LogP contribution in [0, 0.1) is 11.8 Å². The molecule has 1 aliphatic rings. The van der Waals surface area contributed by atoms with Gasteiger partial charge in [0, 0.05) is 12.5 Å². The van der Waals surface area contributed by atoms with Gasteiger partial charge in [-0.3, -0.25) is 4.79 Å². The summed E-state index contributed by atoms with van der Waals surface area (Å²) in [5.41, 5.74) is 1.22. The summed E-state index contributed by atoms with van der Waals surface area (Å²) in [5.74, 6) is 1.14. The third-order valence-corrected chi connectivity index (χ3v) is 3.76. The fraction of sp³-hybridized carbons (Fsp3) is 0.688. The lowest BCUT2D eigenvalue weighted by Crippen LogP contribution is -2.29. The molecule has 1 rings (SSSR count). The van der Waals surface area contributed by atoms with E-state index in [4.69, 9.17) is 0 Å². The van der Waals surface area contributed by atoms with Gasteiger partial charge >= 0.3 is 0 Å². The third kappa shape index (κ3) is 5.52. The van der Waals surface area contributed by atoms with Crippen molar-refractivity contribution in [1.29, 1.82) is 0 Å². The van der Waals surface area contributed by atoms with Crippen molar-refractivity contribution >= 4 is 5.91 Å². The number of allylic oxidation sites excluding steroid dienone is 3. The van der Waals surface area contributed by atoms with Crippen LogP contribution in [0.3, 0.4) is 0 Å². The molecule has 18 heavy (non-hydrogen) atoms. The Kier molecular flexibility index (Phi) is 6.77. The molecule has 1 unspecified atom stereocenters. The fourth-order valence-electron chi connectivity index (χ4n) is 2.17. The van der Waals surface area contributed by atoms with E-state index >= 15 is 0 Å². The molecule has 2 nitrogen and oxygen atoms in total. The molecule has 0 aromatic heterocycles. The SMILES string of the molecule is CCC(C)/C=C\C(C)=C/CNC(=O)C1CCCC1. The average Bonchev–Trinajstić information content (AvgIpc) is 2.89. The van der Waals surface area contributed by atoms with Gasteiger partial charge in [0.05, 0.1) is 0 Å². The lowest BCUT2D eigenvalue weighted by molar-refractivity contribution is -0.124. The number of carbonyl (C=O) groups is 1. The second kappa shape index (κ2) is 8.12. The molecule has 2 heteroatoms. The number of hydrogen-bond acceptors (Lipinski definition) is 1. The van der Waals surface area contributed by atoms with Gasteiger partial charge in [-0.2, -0.15) is 0 Å². The normalized spacial score (nSPS) is 19.4. The zero-order chi connectivity index (χ0) is 13.4. The van der Waals surface area contributed by atoms with Crippen molar-refractivity contribution < 1.29 is 4.79 Å². The molecular weight excluding hydrogens is 222 g/mol. The zero-order valence-electron chi connectivity index (χ0n) is 12.0. The van der Waals surface area contributed by atoms with Crippen LogP contribution >= 0.6 is 0 Å². The highest BCUT2D eigenvalue weighted by atomic mass is 16.1. The first-order valence-electron chi connectivity index (χ1n) is 7.26. The summed E-state index contributed by atoms with van der Waals surface area (Å²) in [6, 6.07) is 0. The molecule has 0 spiro atoms. The molecule has 102 valence electrons. The molecular formula is C16H27NO. The Bertz CT molecular complexity index is 311. The highest BCUT2D eigenvalue weighted by Crippen LogP contribution is 2.24. The van der Waals surface area contributed by atoms with Crippen LogP contribution in [-0.4, -0.2) is 12.5 Å². The Balaban J connectivity index is 2.26. The minimum Gasteiger partial charge on any atom is -0.352 e. The van der Waals surface area contributed by atoms with Crippen molar-refractivity contribution in [2.45, 2.75) is 52.9 Å². The van der Waals surface area contributed by atoms with Crippen molar-refractivity contribution in [2.75, 3.05) is 6.54 Å². The topological polar surface area (TPSA) is 29.1 Å². The van der Waals surface area contributed by atoms with Gasteiger partial charge in [0.1, 0.15) is 0 Å². The molecule has 1 saturated carbocycles. The van der Waals surface area contributed by atoms with Gasteiger partial charge in [-0.15, -0.1) is 0 Å². The van der Waals surface area contributed by atoms with Crippen molar-refractivity contribution in [3.05, 3.63) is 23.8 Å². The zero-order valence-corrected chi connectivity index (χ0v) is 12.0. The van der Waals surface area contributed by atoms with E-state index in [0.29, 0.717) is 12.5 Å². The van der Waals surface area contributed by atoms with E-state index in [-0.39, 0.29) is 11.8 Å².